The van der Waals surface area contributed by atoms with Crippen molar-refractivity contribution in [1.29, 1.82) is 0 Å². The SMILES string of the molecule is C=C[C@@H]1C[C@]1(CC(=O)[C@@H]1C[C@@H]2CN1C(=O)[C@H](C1CCCC1)CC(=O)O[C@@H]1CCC[C@H]1CCCCCn1c(cc3ccccc3c1=O)O2)C(=O)NS(=O)(=O)C1CC1. The molecule has 0 unspecified atom stereocenters. The van der Waals surface area contributed by atoms with Crippen LogP contribution in [0.1, 0.15) is 109 Å². The molecule has 56 heavy (non-hydrogen) atoms. The van der Waals surface area contributed by atoms with Gasteiger partial charge in [0.2, 0.25) is 21.8 Å². The van der Waals surface area contributed by atoms with Gasteiger partial charge in [0, 0.05) is 30.8 Å². The van der Waals surface area contributed by atoms with Crippen LogP contribution in [0.3, 0.4) is 0 Å². The van der Waals surface area contributed by atoms with Crippen molar-refractivity contribution in [3.63, 3.8) is 0 Å². The lowest BCUT2D eigenvalue weighted by atomic mass is 9.86. The molecule has 1 N–H and O–H groups in total. The molecule has 13 heteroatoms. The van der Waals surface area contributed by atoms with E-state index < -0.39 is 50.6 Å². The van der Waals surface area contributed by atoms with Gasteiger partial charge >= 0.3 is 5.97 Å². The molecule has 4 saturated carbocycles. The number of Topliss-reactive ketones (excluding diaryl/α,β-unsaturated/α-hetero) is 1. The number of esters is 1. The number of carbonyl (C=O) groups excluding carboxylic acids is 4. The number of hydrogen-bond acceptors (Lipinski definition) is 9. The highest BCUT2D eigenvalue weighted by Crippen LogP contribution is 2.57. The predicted molar refractivity (Wildman–Crippen MR) is 209 cm³/mol. The zero-order valence-electron chi connectivity index (χ0n) is 32.2. The van der Waals surface area contributed by atoms with Gasteiger partial charge in [-0.2, -0.15) is 0 Å². The second-order valence-corrected chi connectivity index (χ2v) is 19.4. The van der Waals surface area contributed by atoms with Crippen molar-refractivity contribution in [2.75, 3.05) is 6.54 Å². The Morgan fingerprint density at radius 3 is 2.39 bits per heavy atom. The molecule has 2 aliphatic heterocycles. The molecular formula is C43H55N3O9S. The largest absolute Gasteiger partial charge is 0.473 e. The van der Waals surface area contributed by atoms with Gasteiger partial charge in [-0.3, -0.25) is 33.3 Å². The summed E-state index contributed by atoms with van der Waals surface area (Å²) in [6.45, 7) is 4.35. The minimum Gasteiger partial charge on any atom is -0.473 e. The van der Waals surface area contributed by atoms with Crippen molar-refractivity contribution in [2.24, 2.45) is 29.1 Å². The monoisotopic (exact) mass is 789 g/mol. The fraction of sp³-hybridized carbons (Fsp3) is 0.651. The second kappa shape index (κ2) is 15.7. The molecule has 3 heterocycles. The smallest absolute Gasteiger partial charge is 0.306 e. The molecule has 2 amide bonds. The highest BCUT2D eigenvalue weighted by molar-refractivity contribution is 7.90. The first kappa shape index (κ1) is 38.9. The number of nitrogens with zero attached hydrogens (tertiary/aromatic N) is 2. The van der Waals surface area contributed by atoms with Crippen molar-refractivity contribution in [1.82, 2.24) is 14.2 Å². The second-order valence-electron chi connectivity index (χ2n) is 17.5. The summed E-state index contributed by atoms with van der Waals surface area (Å²) in [6.07, 6.45) is 11.6. The molecule has 12 nitrogen and oxygen atoms in total. The summed E-state index contributed by atoms with van der Waals surface area (Å²) in [5.41, 5.74) is -1.44. The van der Waals surface area contributed by atoms with Gasteiger partial charge in [0.1, 0.15) is 12.2 Å². The van der Waals surface area contributed by atoms with Crippen LogP contribution in [0.15, 0.2) is 47.8 Å². The standard InChI is InChI=1S/C43H55N3O9S/c1-2-30-24-43(30,42(51)44-56(52,53)32-18-19-32)25-36(47)35-22-31-26-46(35)41(50)34(27-11-5-6-12-27)23-39(48)55-37-17-10-15-28(37)13-4-3-9-20-45-38(54-31)21-29-14-7-8-16-33(29)40(45)49/h2,7-8,14,16,21,27-28,30-32,34-35,37H,1,3-6,9-13,15,17-20,22-26H2,(H,44,51)/t28-,30-,31-,34+,35+,37-,43-/m1/s1. The number of carbonyl (C=O) groups is 4. The van der Waals surface area contributed by atoms with Gasteiger partial charge in [0.25, 0.3) is 5.56 Å². The molecule has 0 radical (unpaired) electrons. The summed E-state index contributed by atoms with van der Waals surface area (Å²) < 4.78 is 42.4. The van der Waals surface area contributed by atoms with E-state index in [9.17, 15) is 32.4 Å². The molecule has 5 fully saturated rings. The number of ketones is 1. The Balaban J connectivity index is 1.13. The zero-order chi connectivity index (χ0) is 39.2. The maximum absolute atomic E-state index is 14.9. The molecule has 6 aliphatic rings. The van der Waals surface area contributed by atoms with Crippen molar-refractivity contribution in [3.8, 4) is 5.88 Å². The third kappa shape index (κ3) is 7.81. The first-order chi connectivity index (χ1) is 27.0. The third-order valence-electron chi connectivity index (χ3n) is 13.7. The number of hydrogen-bond donors (Lipinski definition) is 1. The van der Waals surface area contributed by atoms with E-state index in [2.05, 4.69) is 11.3 Å². The van der Waals surface area contributed by atoms with E-state index in [1.54, 1.807) is 15.5 Å². The number of sulfonamides is 1. The fourth-order valence-electron chi connectivity index (χ4n) is 10.3. The maximum atomic E-state index is 14.9. The molecule has 1 aromatic carbocycles. The number of aromatic nitrogens is 1. The van der Waals surface area contributed by atoms with Crippen molar-refractivity contribution >= 4 is 44.4 Å². The predicted octanol–water partition coefficient (Wildman–Crippen LogP) is 5.59. The van der Waals surface area contributed by atoms with E-state index in [0.717, 1.165) is 76.0 Å². The topological polar surface area (TPSA) is 158 Å². The number of ether oxygens (including phenoxy) is 2. The van der Waals surface area contributed by atoms with Crippen LogP contribution in [-0.2, 0) is 40.5 Å². The molecule has 4 aliphatic carbocycles. The first-order valence-electron chi connectivity index (χ1n) is 21.0. The van der Waals surface area contributed by atoms with Crippen molar-refractivity contribution in [2.45, 2.75) is 139 Å². The quantitative estimate of drug-likeness (QED) is 0.266. The molecule has 8 rings (SSSR count). The van der Waals surface area contributed by atoms with E-state index in [-0.39, 0.29) is 73.4 Å². The van der Waals surface area contributed by atoms with E-state index in [1.165, 1.54) is 0 Å². The highest BCUT2D eigenvalue weighted by Gasteiger charge is 2.61. The summed E-state index contributed by atoms with van der Waals surface area (Å²) in [5, 5.41) is 0.710. The van der Waals surface area contributed by atoms with Gasteiger partial charge in [0.05, 0.1) is 35.6 Å². The number of benzene rings is 1. The Hall–Kier alpha value is -4.00. The number of rotatable bonds is 8. The van der Waals surface area contributed by atoms with E-state index >= 15 is 0 Å². The van der Waals surface area contributed by atoms with Crippen LogP contribution in [0.25, 0.3) is 10.8 Å². The lowest BCUT2D eigenvalue weighted by Gasteiger charge is -2.31. The Bertz CT molecular complexity index is 2050. The Morgan fingerprint density at radius 1 is 0.911 bits per heavy atom. The normalized spacial score (nSPS) is 31.8. The van der Waals surface area contributed by atoms with Gasteiger partial charge in [0.15, 0.2) is 11.7 Å². The van der Waals surface area contributed by atoms with Crippen molar-refractivity contribution in [3.05, 3.63) is 53.3 Å². The number of allylic oxidation sites excluding steroid dienone is 1. The maximum Gasteiger partial charge on any atom is 0.306 e. The lowest BCUT2D eigenvalue weighted by Crippen LogP contribution is -2.47. The molecule has 302 valence electrons. The molecule has 2 bridgehead atoms. The van der Waals surface area contributed by atoms with Crippen LogP contribution < -0.4 is 15.0 Å². The Labute approximate surface area is 328 Å². The van der Waals surface area contributed by atoms with Crippen LogP contribution in [0.5, 0.6) is 5.88 Å². The van der Waals surface area contributed by atoms with Crippen LogP contribution in [-0.4, -0.2) is 71.5 Å². The fourth-order valence-corrected chi connectivity index (χ4v) is 11.6. The Morgan fingerprint density at radius 2 is 1.64 bits per heavy atom. The van der Waals surface area contributed by atoms with Crippen LogP contribution >= 0.6 is 0 Å². The number of amides is 2. The van der Waals surface area contributed by atoms with E-state index in [4.69, 9.17) is 9.47 Å². The summed E-state index contributed by atoms with van der Waals surface area (Å²) in [6, 6.07) is 8.26. The summed E-state index contributed by atoms with van der Waals surface area (Å²) in [7, 11) is -3.86. The van der Waals surface area contributed by atoms with Gasteiger partial charge in [-0.05, 0) is 93.4 Å². The first-order valence-corrected chi connectivity index (χ1v) is 22.5. The molecule has 1 saturated heterocycles. The number of nitrogens with one attached hydrogen (secondary N) is 1. The minimum absolute atomic E-state index is 0.0419. The average Bonchev–Trinajstić information content (AvgIpc) is 3.96. The van der Waals surface area contributed by atoms with Gasteiger partial charge in [-0.15, -0.1) is 6.58 Å². The number of pyridine rings is 1. The zero-order valence-corrected chi connectivity index (χ0v) is 33.0. The highest BCUT2D eigenvalue weighted by atomic mass is 32.2. The Kier molecular flexibility index (Phi) is 10.9. The van der Waals surface area contributed by atoms with Gasteiger partial charge in [-0.25, -0.2) is 8.42 Å². The van der Waals surface area contributed by atoms with E-state index in [0.29, 0.717) is 30.7 Å². The lowest BCUT2D eigenvalue weighted by molar-refractivity contribution is -0.156. The summed E-state index contributed by atoms with van der Waals surface area (Å²) >= 11 is 0. The third-order valence-corrected chi connectivity index (χ3v) is 15.6. The summed E-state index contributed by atoms with van der Waals surface area (Å²) in [5.74, 6) is -2.23. The summed E-state index contributed by atoms with van der Waals surface area (Å²) in [4.78, 5) is 72.4. The van der Waals surface area contributed by atoms with Crippen LogP contribution in [0, 0.1) is 29.1 Å². The average molecular weight is 790 g/mol. The van der Waals surface area contributed by atoms with Crippen LogP contribution in [0.4, 0.5) is 0 Å². The molecular weight excluding hydrogens is 735 g/mol. The van der Waals surface area contributed by atoms with Crippen LogP contribution in [0.2, 0.25) is 0 Å². The number of fused-ring (bicyclic) bond motifs is 5. The van der Waals surface area contributed by atoms with Gasteiger partial charge in [-0.1, -0.05) is 50.0 Å². The molecule has 0 spiro atoms. The van der Waals surface area contributed by atoms with Gasteiger partial charge < -0.3 is 14.4 Å². The molecule has 2 aromatic rings. The minimum atomic E-state index is -3.86. The molecule has 7 atom stereocenters. The molecule has 1 aromatic heterocycles. The van der Waals surface area contributed by atoms with Crippen molar-refractivity contribution < 1.29 is 37.1 Å². The van der Waals surface area contributed by atoms with E-state index in [1.807, 2.05) is 30.3 Å².